The largest absolute Gasteiger partial charge is 0.351 e. The Balaban J connectivity index is 2.10. The molecule has 0 aromatic heterocycles. The first-order valence-corrected chi connectivity index (χ1v) is 10.4. The molecule has 1 aliphatic carbocycles. The number of hydrogen-bond donors (Lipinski definition) is 2. The van der Waals surface area contributed by atoms with Crippen LogP contribution in [0.25, 0.3) is 0 Å². The molecule has 5 nitrogen and oxygen atoms in total. The Bertz CT molecular complexity index is 752. The van der Waals surface area contributed by atoms with Crippen molar-refractivity contribution in [1.29, 1.82) is 0 Å². The van der Waals surface area contributed by atoms with Crippen molar-refractivity contribution >= 4 is 39.9 Å². The van der Waals surface area contributed by atoms with E-state index in [1.807, 2.05) is 6.92 Å². The van der Waals surface area contributed by atoms with Gasteiger partial charge in [0, 0.05) is 45.0 Å². The highest BCUT2D eigenvalue weighted by Crippen LogP contribution is 2.27. The lowest BCUT2D eigenvalue weighted by Crippen LogP contribution is -2.32. The summed E-state index contributed by atoms with van der Waals surface area (Å²) in [4.78, 5) is 25.0. The zero-order valence-corrected chi connectivity index (χ0v) is 16.1. The average molecular weight is 401 g/mol. The third-order valence-electron chi connectivity index (χ3n) is 4.13. The van der Waals surface area contributed by atoms with E-state index in [1.54, 1.807) is 0 Å². The van der Waals surface area contributed by atoms with Crippen LogP contribution >= 0.6 is 11.6 Å². The molecule has 1 unspecified atom stereocenters. The first kappa shape index (κ1) is 20.6. The summed E-state index contributed by atoms with van der Waals surface area (Å²) in [5.74, 6) is -0.505. The topological polar surface area (TPSA) is 75.3 Å². The SMILES string of the molecule is CCS(=O)CCNC(=O)C1=C(C(=O)Nc2ccc(Cl)cc2F)CCCC1. The Hall–Kier alpha value is -1.73. The maximum atomic E-state index is 13.9. The molecule has 1 aromatic rings. The maximum absolute atomic E-state index is 13.9. The second-order valence-electron chi connectivity index (χ2n) is 5.93. The Morgan fingerprint density at radius 2 is 1.85 bits per heavy atom. The number of nitrogens with one attached hydrogen (secondary N) is 2. The van der Waals surface area contributed by atoms with Crippen molar-refractivity contribution in [3.63, 3.8) is 0 Å². The molecule has 0 saturated carbocycles. The van der Waals surface area contributed by atoms with E-state index < -0.39 is 22.5 Å². The smallest absolute Gasteiger partial charge is 0.252 e. The highest BCUT2D eigenvalue weighted by molar-refractivity contribution is 7.84. The molecular formula is C18H22ClFN2O3S. The van der Waals surface area contributed by atoms with Crippen molar-refractivity contribution in [2.45, 2.75) is 32.6 Å². The molecule has 2 N–H and O–H groups in total. The summed E-state index contributed by atoms with van der Waals surface area (Å²) in [7, 11) is -0.960. The Morgan fingerprint density at radius 3 is 2.46 bits per heavy atom. The van der Waals surface area contributed by atoms with Crippen LogP contribution < -0.4 is 10.6 Å². The lowest BCUT2D eigenvalue weighted by molar-refractivity contribution is -0.119. The van der Waals surface area contributed by atoms with Crippen LogP contribution in [0.5, 0.6) is 0 Å². The van der Waals surface area contributed by atoms with Crippen molar-refractivity contribution in [1.82, 2.24) is 5.32 Å². The van der Waals surface area contributed by atoms with E-state index in [4.69, 9.17) is 11.6 Å². The monoisotopic (exact) mass is 400 g/mol. The first-order valence-electron chi connectivity index (χ1n) is 8.54. The van der Waals surface area contributed by atoms with Gasteiger partial charge in [0.25, 0.3) is 5.91 Å². The normalized spacial score (nSPS) is 15.5. The van der Waals surface area contributed by atoms with Gasteiger partial charge in [-0.3, -0.25) is 13.8 Å². The molecule has 2 amide bonds. The van der Waals surface area contributed by atoms with E-state index in [-0.39, 0.29) is 16.6 Å². The highest BCUT2D eigenvalue weighted by Gasteiger charge is 2.24. The molecule has 1 atom stereocenters. The zero-order chi connectivity index (χ0) is 19.1. The predicted molar refractivity (Wildman–Crippen MR) is 102 cm³/mol. The fourth-order valence-electron chi connectivity index (χ4n) is 2.72. The summed E-state index contributed by atoms with van der Waals surface area (Å²) in [5.41, 5.74) is 0.820. The number of carbonyl (C=O) groups excluding carboxylic acids is 2. The minimum atomic E-state index is -0.960. The first-order chi connectivity index (χ1) is 12.4. The number of benzene rings is 1. The Morgan fingerprint density at radius 1 is 1.19 bits per heavy atom. The Labute approximate surface area is 159 Å². The van der Waals surface area contributed by atoms with Crippen molar-refractivity contribution in [2.24, 2.45) is 0 Å². The summed E-state index contributed by atoms with van der Waals surface area (Å²) in [6, 6.07) is 3.99. The van der Waals surface area contributed by atoms with E-state index in [2.05, 4.69) is 10.6 Å². The van der Waals surface area contributed by atoms with Gasteiger partial charge in [-0.2, -0.15) is 0 Å². The molecule has 0 fully saturated rings. The highest BCUT2D eigenvalue weighted by atomic mass is 35.5. The third kappa shape index (κ3) is 5.64. The van der Waals surface area contributed by atoms with Gasteiger partial charge in [0.1, 0.15) is 5.82 Å². The van der Waals surface area contributed by atoms with Gasteiger partial charge in [0.15, 0.2) is 0 Å². The van der Waals surface area contributed by atoms with E-state index in [0.29, 0.717) is 42.0 Å². The van der Waals surface area contributed by atoms with Crippen molar-refractivity contribution in [2.75, 3.05) is 23.4 Å². The molecule has 26 heavy (non-hydrogen) atoms. The quantitative estimate of drug-likeness (QED) is 0.738. The maximum Gasteiger partial charge on any atom is 0.252 e. The van der Waals surface area contributed by atoms with Crippen LogP contribution in [-0.2, 0) is 20.4 Å². The fraction of sp³-hybridized carbons (Fsp3) is 0.444. The third-order valence-corrected chi connectivity index (χ3v) is 5.67. The van der Waals surface area contributed by atoms with E-state index in [1.165, 1.54) is 12.1 Å². The molecule has 1 aliphatic rings. The van der Waals surface area contributed by atoms with Crippen LogP contribution in [0.2, 0.25) is 5.02 Å². The molecule has 142 valence electrons. The van der Waals surface area contributed by atoms with Gasteiger partial charge >= 0.3 is 0 Å². The van der Waals surface area contributed by atoms with Crippen molar-refractivity contribution < 1.29 is 18.2 Å². The fourth-order valence-corrected chi connectivity index (χ4v) is 3.50. The van der Waals surface area contributed by atoms with Gasteiger partial charge in [-0.05, 0) is 43.9 Å². The Kier molecular flexibility index (Phi) is 7.78. The lowest BCUT2D eigenvalue weighted by Gasteiger charge is -2.19. The summed E-state index contributed by atoms with van der Waals surface area (Å²) in [6.45, 7) is 2.11. The van der Waals surface area contributed by atoms with Crippen LogP contribution in [0.4, 0.5) is 10.1 Å². The summed E-state index contributed by atoms with van der Waals surface area (Å²) in [5, 5.41) is 5.48. The number of amides is 2. The number of halogens is 2. The standard InChI is InChI=1S/C18H22ClFN2O3S/c1-2-26(25)10-9-21-17(23)13-5-3-4-6-14(13)18(24)22-16-8-7-12(19)11-15(16)20/h7-8,11H,2-6,9-10H2,1H3,(H,21,23)(H,22,24). The molecule has 0 heterocycles. The molecule has 2 rings (SSSR count). The molecule has 1 aromatic carbocycles. The minimum absolute atomic E-state index is 0.0237. The summed E-state index contributed by atoms with van der Waals surface area (Å²) in [6.07, 6.45) is 2.57. The summed E-state index contributed by atoms with van der Waals surface area (Å²) >= 11 is 5.71. The van der Waals surface area contributed by atoms with Crippen molar-refractivity contribution in [3.05, 3.63) is 40.2 Å². The molecule has 0 aliphatic heterocycles. The van der Waals surface area contributed by atoms with Crippen LogP contribution in [-0.4, -0.2) is 34.1 Å². The number of rotatable bonds is 7. The molecule has 0 radical (unpaired) electrons. The van der Waals surface area contributed by atoms with Gasteiger partial charge < -0.3 is 10.6 Å². The predicted octanol–water partition coefficient (Wildman–Crippen LogP) is 3.17. The second-order valence-corrected chi connectivity index (χ2v) is 8.23. The van der Waals surface area contributed by atoms with Gasteiger partial charge in [-0.25, -0.2) is 4.39 Å². The van der Waals surface area contributed by atoms with E-state index in [9.17, 15) is 18.2 Å². The second kappa shape index (κ2) is 9.83. The van der Waals surface area contributed by atoms with Gasteiger partial charge in [-0.15, -0.1) is 0 Å². The number of hydrogen-bond acceptors (Lipinski definition) is 3. The molecular weight excluding hydrogens is 379 g/mol. The van der Waals surface area contributed by atoms with Gasteiger partial charge in [0.2, 0.25) is 5.91 Å². The summed E-state index contributed by atoms with van der Waals surface area (Å²) < 4.78 is 25.3. The molecule has 0 spiro atoms. The zero-order valence-electron chi connectivity index (χ0n) is 14.6. The molecule has 0 bridgehead atoms. The number of anilines is 1. The van der Waals surface area contributed by atoms with E-state index in [0.717, 1.165) is 18.9 Å². The van der Waals surface area contributed by atoms with Crippen molar-refractivity contribution in [3.8, 4) is 0 Å². The molecule has 8 heteroatoms. The molecule has 0 saturated heterocycles. The average Bonchev–Trinajstić information content (AvgIpc) is 2.63. The van der Waals surface area contributed by atoms with Crippen LogP contribution in [0.15, 0.2) is 29.3 Å². The van der Waals surface area contributed by atoms with Crippen LogP contribution in [0.1, 0.15) is 32.6 Å². The lowest BCUT2D eigenvalue weighted by atomic mass is 9.90. The number of carbonyl (C=O) groups is 2. The van der Waals surface area contributed by atoms with Crippen LogP contribution in [0, 0.1) is 5.82 Å². The minimum Gasteiger partial charge on any atom is -0.351 e. The van der Waals surface area contributed by atoms with Gasteiger partial charge in [-0.1, -0.05) is 18.5 Å². The van der Waals surface area contributed by atoms with Gasteiger partial charge in [0.05, 0.1) is 5.69 Å². The van der Waals surface area contributed by atoms with Crippen LogP contribution in [0.3, 0.4) is 0 Å². The van der Waals surface area contributed by atoms with E-state index >= 15 is 0 Å².